The minimum atomic E-state index is -0.355. The van der Waals surface area contributed by atoms with Crippen LogP contribution in [0.25, 0.3) is 0 Å². The van der Waals surface area contributed by atoms with E-state index in [1.54, 1.807) is 19.4 Å². The van der Waals surface area contributed by atoms with E-state index in [4.69, 9.17) is 9.47 Å². The van der Waals surface area contributed by atoms with E-state index < -0.39 is 0 Å². The van der Waals surface area contributed by atoms with Gasteiger partial charge in [0, 0.05) is 18.4 Å². The molecule has 2 aromatic rings. The summed E-state index contributed by atoms with van der Waals surface area (Å²) in [5.74, 6) is 1.16. The molecule has 1 saturated heterocycles. The molecule has 23 heavy (non-hydrogen) atoms. The van der Waals surface area contributed by atoms with Crippen LogP contribution in [0.3, 0.4) is 0 Å². The maximum atomic E-state index is 12.0. The first-order valence-electron chi connectivity index (χ1n) is 7.54. The number of nitrogens with one attached hydrogen (secondary N) is 2. The zero-order chi connectivity index (χ0) is 16.1. The zero-order valence-electron chi connectivity index (χ0n) is 12.9. The lowest BCUT2D eigenvalue weighted by Crippen LogP contribution is -2.27. The molecule has 0 saturated carbocycles. The van der Waals surface area contributed by atoms with Crippen molar-refractivity contribution in [1.82, 2.24) is 4.98 Å². The molecule has 1 unspecified atom stereocenters. The molecule has 120 valence electrons. The summed E-state index contributed by atoms with van der Waals surface area (Å²) in [7, 11) is 1.63. The smallest absolute Gasteiger partial charge is 0.254 e. The van der Waals surface area contributed by atoms with Gasteiger partial charge in [-0.1, -0.05) is 6.07 Å². The minimum absolute atomic E-state index is 0.136. The van der Waals surface area contributed by atoms with E-state index in [0.717, 1.165) is 30.0 Å². The second-order valence-electron chi connectivity index (χ2n) is 5.28. The lowest BCUT2D eigenvalue weighted by Gasteiger charge is -2.11. The highest BCUT2D eigenvalue weighted by molar-refractivity contribution is 5.93. The summed E-state index contributed by atoms with van der Waals surface area (Å²) in [6.07, 6.45) is 3.01. The largest absolute Gasteiger partial charge is 0.497 e. The monoisotopic (exact) mass is 313 g/mol. The summed E-state index contributed by atoms with van der Waals surface area (Å²) in [5, 5.41) is 6.00. The lowest BCUT2D eigenvalue weighted by molar-refractivity contribution is -0.124. The summed E-state index contributed by atoms with van der Waals surface area (Å²) >= 11 is 0. The fourth-order valence-corrected chi connectivity index (χ4v) is 2.40. The highest BCUT2D eigenvalue weighted by Crippen LogP contribution is 2.21. The van der Waals surface area contributed by atoms with Crippen LogP contribution in [0.5, 0.6) is 5.75 Å². The van der Waals surface area contributed by atoms with Crippen LogP contribution in [0.15, 0.2) is 42.6 Å². The first kappa shape index (κ1) is 15.3. The molecule has 1 aromatic carbocycles. The predicted molar refractivity (Wildman–Crippen MR) is 88.1 cm³/mol. The van der Waals surface area contributed by atoms with Crippen LogP contribution in [0.4, 0.5) is 17.2 Å². The number of carbonyl (C=O) groups is 1. The van der Waals surface area contributed by atoms with E-state index in [1.807, 2.05) is 30.3 Å². The molecule has 2 heterocycles. The molecule has 0 spiro atoms. The van der Waals surface area contributed by atoms with Gasteiger partial charge >= 0.3 is 0 Å². The molecule has 0 aliphatic carbocycles. The van der Waals surface area contributed by atoms with Gasteiger partial charge in [-0.2, -0.15) is 0 Å². The van der Waals surface area contributed by atoms with E-state index in [2.05, 4.69) is 15.6 Å². The number of hydrogen-bond donors (Lipinski definition) is 2. The molecule has 1 aliphatic rings. The standard InChI is InChI=1S/C17H19N3O3/c1-22-14-5-2-4-12(10-14)19-13-7-8-16(18-11-13)20-17(21)15-6-3-9-23-15/h2,4-5,7-8,10-11,15,19H,3,6,9H2,1H3,(H,18,20,21). The lowest BCUT2D eigenvalue weighted by atomic mass is 10.2. The minimum Gasteiger partial charge on any atom is -0.497 e. The Morgan fingerprint density at radius 2 is 2.22 bits per heavy atom. The van der Waals surface area contributed by atoms with Gasteiger partial charge in [-0.3, -0.25) is 4.79 Å². The van der Waals surface area contributed by atoms with Crippen molar-refractivity contribution < 1.29 is 14.3 Å². The van der Waals surface area contributed by atoms with Crippen LogP contribution >= 0.6 is 0 Å². The Labute approximate surface area is 134 Å². The summed E-state index contributed by atoms with van der Waals surface area (Å²) in [6.45, 7) is 0.648. The Bertz CT molecular complexity index is 667. The number of methoxy groups -OCH3 is 1. The Morgan fingerprint density at radius 3 is 2.91 bits per heavy atom. The molecule has 6 heteroatoms. The van der Waals surface area contributed by atoms with Gasteiger partial charge < -0.3 is 20.1 Å². The number of nitrogens with zero attached hydrogens (tertiary/aromatic N) is 1. The Balaban J connectivity index is 1.61. The van der Waals surface area contributed by atoms with Gasteiger partial charge in [-0.25, -0.2) is 4.98 Å². The van der Waals surface area contributed by atoms with Gasteiger partial charge in [0.1, 0.15) is 17.7 Å². The molecule has 1 fully saturated rings. The van der Waals surface area contributed by atoms with E-state index >= 15 is 0 Å². The number of rotatable bonds is 5. The topological polar surface area (TPSA) is 72.5 Å². The average molecular weight is 313 g/mol. The molecule has 1 aromatic heterocycles. The van der Waals surface area contributed by atoms with Crippen molar-refractivity contribution in [3.05, 3.63) is 42.6 Å². The van der Waals surface area contributed by atoms with E-state index in [9.17, 15) is 4.79 Å². The predicted octanol–water partition coefficient (Wildman–Crippen LogP) is 2.95. The maximum Gasteiger partial charge on any atom is 0.254 e. The van der Waals surface area contributed by atoms with Crippen molar-refractivity contribution in [1.29, 1.82) is 0 Å². The van der Waals surface area contributed by atoms with Gasteiger partial charge in [-0.15, -0.1) is 0 Å². The Kier molecular flexibility index (Phi) is 4.73. The van der Waals surface area contributed by atoms with Crippen molar-refractivity contribution in [3.8, 4) is 5.75 Å². The van der Waals surface area contributed by atoms with Gasteiger partial charge in [0.25, 0.3) is 5.91 Å². The molecule has 0 bridgehead atoms. The van der Waals surface area contributed by atoms with Crippen LogP contribution in [0.1, 0.15) is 12.8 Å². The number of pyridine rings is 1. The van der Waals surface area contributed by atoms with Crippen molar-refractivity contribution >= 4 is 23.1 Å². The fourth-order valence-electron chi connectivity index (χ4n) is 2.40. The summed E-state index contributed by atoms with van der Waals surface area (Å²) < 4.78 is 10.5. The first-order valence-corrected chi connectivity index (χ1v) is 7.54. The molecule has 1 amide bonds. The SMILES string of the molecule is COc1cccc(Nc2ccc(NC(=O)C3CCCO3)nc2)c1. The third-order valence-electron chi connectivity index (χ3n) is 3.60. The number of amides is 1. The van der Waals surface area contributed by atoms with Crippen LogP contribution in [0, 0.1) is 0 Å². The van der Waals surface area contributed by atoms with E-state index in [1.165, 1.54) is 0 Å². The Morgan fingerprint density at radius 1 is 1.30 bits per heavy atom. The van der Waals surface area contributed by atoms with Crippen molar-refractivity contribution in [3.63, 3.8) is 0 Å². The molecular formula is C17H19N3O3. The van der Waals surface area contributed by atoms with Gasteiger partial charge in [0.15, 0.2) is 0 Å². The number of benzene rings is 1. The molecule has 1 atom stereocenters. The number of carbonyl (C=O) groups excluding carboxylic acids is 1. The maximum absolute atomic E-state index is 12.0. The summed E-state index contributed by atoms with van der Waals surface area (Å²) in [5.41, 5.74) is 1.73. The highest BCUT2D eigenvalue weighted by Gasteiger charge is 2.23. The molecule has 3 rings (SSSR count). The van der Waals surface area contributed by atoms with Crippen molar-refractivity contribution in [2.24, 2.45) is 0 Å². The summed E-state index contributed by atoms with van der Waals surface area (Å²) in [6, 6.07) is 11.2. The first-order chi connectivity index (χ1) is 11.2. The Hall–Kier alpha value is -2.60. The van der Waals surface area contributed by atoms with Crippen molar-refractivity contribution in [2.75, 3.05) is 24.4 Å². The third-order valence-corrected chi connectivity index (χ3v) is 3.60. The number of ether oxygens (including phenoxy) is 2. The second kappa shape index (κ2) is 7.11. The van der Waals surface area contributed by atoms with E-state index in [-0.39, 0.29) is 12.0 Å². The highest BCUT2D eigenvalue weighted by atomic mass is 16.5. The zero-order valence-corrected chi connectivity index (χ0v) is 12.9. The molecule has 0 radical (unpaired) electrons. The van der Waals surface area contributed by atoms with Crippen LogP contribution in [-0.4, -0.2) is 30.7 Å². The third kappa shape index (κ3) is 3.98. The summed E-state index contributed by atoms with van der Waals surface area (Å²) in [4.78, 5) is 16.2. The average Bonchev–Trinajstić information content (AvgIpc) is 3.11. The molecular weight excluding hydrogens is 294 g/mol. The van der Waals surface area contributed by atoms with Crippen LogP contribution in [-0.2, 0) is 9.53 Å². The van der Waals surface area contributed by atoms with Gasteiger partial charge in [-0.05, 0) is 37.1 Å². The fraction of sp³-hybridized carbons (Fsp3) is 0.294. The van der Waals surface area contributed by atoms with Crippen LogP contribution in [0.2, 0.25) is 0 Å². The second-order valence-corrected chi connectivity index (χ2v) is 5.28. The van der Waals surface area contributed by atoms with Crippen LogP contribution < -0.4 is 15.4 Å². The van der Waals surface area contributed by atoms with Crippen molar-refractivity contribution in [2.45, 2.75) is 18.9 Å². The number of aromatic nitrogens is 1. The van der Waals surface area contributed by atoms with Gasteiger partial charge in [0.2, 0.25) is 0 Å². The molecule has 2 N–H and O–H groups in total. The molecule has 6 nitrogen and oxygen atoms in total. The normalized spacial score (nSPS) is 16.8. The van der Waals surface area contributed by atoms with E-state index in [0.29, 0.717) is 12.4 Å². The number of hydrogen-bond acceptors (Lipinski definition) is 5. The van der Waals surface area contributed by atoms with Gasteiger partial charge in [0.05, 0.1) is 19.0 Å². The quantitative estimate of drug-likeness (QED) is 0.888. The number of anilines is 3. The molecule has 1 aliphatic heterocycles.